The summed E-state index contributed by atoms with van der Waals surface area (Å²) in [4.78, 5) is 18.2. The van der Waals surface area contributed by atoms with Crippen LogP contribution in [0.5, 0.6) is 0 Å². The fourth-order valence-corrected chi connectivity index (χ4v) is 2.73. The number of carbonyl (C=O) groups excluding carboxylic acids is 1. The molecule has 0 amide bonds. The van der Waals surface area contributed by atoms with E-state index < -0.39 is 0 Å². The topological polar surface area (TPSA) is 81.6 Å². The number of esters is 1. The van der Waals surface area contributed by atoms with Crippen molar-refractivity contribution in [2.75, 3.05) is 19.6 Å². The van der Waals surface area contributed by atoms with Crippen molar-refractivity contribution in [1.82, 2.24) is 15.0 Å². The van der Waals surface area contributed by atoms with Gasteiger partial charge in [-0.1, -0.05) is 35.5 Å². The highest BCUT2D eigenvalue weighted by molar-refractivity contribution is 5.71. The van der Waals surface area contributed by atoms with Gasteiger partial charge < -0.3 is 13.7 Å². The van der Waals surface area contributed by atoms with Crippen molar-refractivity contribution in [3.63, 3.8) is 0 Å². The van der Waals surface area contributed by atoms with Crippen LogP contribution in [0.4, 0.5) is 0 Å². The van der Waals surface area contributed by atoms with Gasteiger partial charge >= 0.3 is 5.97 Å². The lowest BCUT2D eigenvalue weighted by molar-refractivity contribution is -0.147. The molecular weight excluding hydrogens is 322 g/mol. The Labute approximate surface area is 144 Å². The van der Waals surface area contributed by atoms with Crippen LogP contribution in [0.3, 0.4) is 0 Å². The molecule has 128 valence electrons. The van der Waals surface area contributed by atoms with Crippen LogP contribution in [0.25, 0.3) is 11.6 Å². The normalized spacial score (nSPS) is 15.0. The van der Waals surface area contributed by atoms with Crippen molar-refractivity contribution in [3.05, 3.63) is 60.2 Å². The van der Waals surface area contributed by atoms with Gasteiger partial charge in [-0.3, -0.25) is 9.69 Å². The average Bonchev–Trinajstić information content (AvgIpc) is 3.28. The number of ether oxygens (including phenoxy) is 1. The average molecular weight is 339 g/mol. The third kappa shape index (κ3) is 3.61. The van der Waals surface area contributed by atoms with Gasteiger partial charge in [0.15, 0.2) is 5.76 Å². The number of furan rings is 1. The standard InChI is InChI=1S/C18H17N3O4/c22-16(24-12-13-5-2-1-3-6-13)11-21-9-14(10-21)18-19-17(20-25-18)15-7-4-8-23-15/h1-8,14H,9-12H2. The van der Waals surface area contributed by atoms with E-state index in [2.05, 4.69) is 10.1 Å². The summed E-state index contributed by atoms with van der Waals surface area (Å²) in [6.07, 6.45) is 1.57. The highest BCUT2D eigenvalue weighted by atomic mass is 16.5. The summed E-state index contributed by atoms with van der Waals surface area (Å²) in [5.74, 6) is 1.50. The summed E-state index contributed by atoms with van der Waals surface area (Å²) in [5, 5.41) is 3.92. The van der Waals surface area contributed by atoms with E-state index in [0.717, 1.165) is 5.56 Å². The second-order valence-corrected chi connectivity index (χ2v) is 5.97. The van der Waals surface area contributed by atoms with Crippen LogP contribution in [0.2, 0.25) is 0 Å². The monoisotopic (exact) mass is 339 g/mol. The van der Waals surface area contributed by atoms with Crippen molar-refractivity contribution < 1.29 is 18.5 Å². The van der Waals surface area contributed by atoms with Crippen LogP contribution in [0, 0.1) is 0 Å². The summed E-state index contributed by atoms with van der Waals surface area (Å²) in [7, 11) is 0. The first kappa shape index (κ1) is 15.6. The first-order valence-corrected chi connectivity index (χ1v) is 8.07. The first-order valence-electron chi connectivity index (χ1n) is 8.07. The molecule has 1 aromatic carbocycles. The van der Waals surface area contributed by atoms with Crippen LogP contribution in [0.1, 0.15) is 17.4 Å². The summed E-state index contributed by atoms with van der Waals surface area (Å²) < 4.78 is 15.8. The summed E-state index contributed by atoms with van der Waals surface area (Å²) in [6, 6.07) is 13.2. The third-order valence-corrected chi connectivity index (χ3v) is 4.09. The number of hydrogen-bond donors (Lipinski definition) is 0. The largest absolute Gasteiger partial charge is 0.461 e. The van der Waals surface area contributed by atoms with Gasteiger partial charge in [-0.25, -0.2) is 0 Å². The van der Waals surface area contributed by atoms with Crippen molar-refractivity contribution in [3.8, 4) is 11.6 Å². The molecule has 1 saturated heterocycles. The Kier molecular flexibility index (Phi) is 4.30. The van der Waals surface area contributed by atoms with Crippen LogP contribution in [0.15, 0.2) is 57.7 Å². The van der Waals surface area contributed by atoms with E-state index in [4.69, 9.17) is 13.7 Å². The van der Waals surface area contributed by atoms with Crippen LogP contribution >= 0.6 is 0 Å². The number of hydrogen-bond acceptors (Lipinski definition) is 7. The van der Waals surface area contributed by atoms with Crippen LogP contribution < -0.4 is 0 Å². The van der Waals surface area contributed by atoms with Gasteiger partial charge in [-0.15, -0.1) is 0 Å². The maximum atomic E-state index is 11.9. The van der Waals surface area contributed by atoms with Gasteiger partial charge in [-0.05, 0) is 17.7 Å². The number of likely N-dealkylation sites (tertiary alicyclic amines) is 1. The van der Waals surface area contributed by atoms with Crippen molar-refractivity contribution in [2.45, 2.75) is 12.5 Å². The fourth-order valence-electron chi connectivity index (χ4n) is 2.73. The number of aromatic nitrogens is 2. The van der Waals surface area contributed by atoms with Crippen molar-refractivity contribution >= 4 is 5.97 Å². The Balaban J connectivity index is 1.23. The zero-order chi connectivity index (χ0) is 17.1. The molecule has 0 unspecified atom stereocenters. The Bertz CT molecular complexity index is 823. The molecule has 0 atom stereocenters. The molecule has 0 aliphatic carbocycles. The minimum atomic E-state index is -0.232. The molecule has 0 spiro atoms. The fraction of sp³-hybridized carbons (Fsp3) is 0.278. The molecule has 1 aliphatic rings. The highest BCUT2D eigenvalue weighted by Crippen LogP contribution is 2.27. The Hall–Kier alpha value is -2.93. The van der Waals surface area contributed by atoms with Gasteiger partial charge in [0.05, 0.1) is 18.7 Å². The number of nitrogens with zero attached hydrogens (tertiary/aromatic N) is 3. The highest BCUT2D eigenvalue weighted by Gasteiger charge is 2.34. The van der Waals surface area contributed by atoms with E-state index >= 15 is 0 Å². The van der Waals surface area contributed by atoms with Crippen LogP contribution in [-0.4, -0.2) is 40.6 Å². The summed E-state index contributed by atoms with van der Waals surface area (Å²) >= 11 is 0. The van der Waals surface area contributed by atoms with E-state index in [1.54, 1.807) is 18.4 Å². The lowest BCUT2D eigenvalue weighted by Gasteiger charge is -2.35. The van der Waals surface area contributed by atoms with Gasteiger partial charge in [0.25, 0.3) is 0 Å². The Morgan fingerprint density at radius 2 is 2.04 bits per heavy atom. The maximum Gasteiger partial charge on any atom is 0.320 e. The van der Waals surface area contributed by atoms with Gasteiger partial charge in [0.2, 0.25) is 11.7 Å². The molecule has 0 saturated carbocycles. The number of carbonyl (C=O) groups is 1. The molecule has 3 aromatic rings. The Morgan fingerprint density at radius 1 is 1.20 bits per heavy atom. The van der Waals surface area contributed by atoms with Crippen molar-refractivity contribution in [2.24, 2.45) is 0 Å². The lowest BCUT2D eigenvalue weighted by atomic mass is 10.0. The number of benzene rings is 1. The smallest absolute Gasteiger partial charge is 0.320 e. The molecule has 0 radical (unpaired) electrons. The molecule has 2 aromatic heterocycles. The molecule has 7 nitrogen and oxygen atoms in total. The molecule has 7 heteroatoms. The molecular formula is C18H17N3O4. The molecule has 3 heterocycles. The molecule has 0 N–H and O–H groups in total. The summed E-state index contributed by atoms with van der Waals surface area (Å²) in [6.45, 7) is 1.95. The predicted molar refractivity (Wildman–Crippen MR) is 87.4 cm³/mol. The lowest BCUT2D eigenvalue weighted by Crippen LogP contribution is -2.47. The first-order chi connectivity index (χ1) is 12.3. The van der Waals surface area contributed by atoms with Crippen LogP contribution in [-0.2, 0) is 16.1 Å². The van der Waals surface area contributed by atoms with E-state index in [1.807, 2.05) is 35.2 Å². The quantitative estimate of drug-likeness (QED) is 0.638. The van der Waals surface area contributed by atoms with E-state index in [9.17, 15) is 4.79 Å². The van der Waals surface area contributed by atoms with Crippen molar-refractivity contribution in [1.29, 1.82) is 0 Å². The second-order valence-electron chi connectivity index (χ2n) is 5.97. The maximum absolute atomic E-state index is 11.9. The number of rotatable bonds is 6. The molecule has 0 bridgehead atoms. The van der Waals surface area contributed by atoms with Gasteiger partial charge in [0, 0.05) is 13.1 Å². The summed E-state index contributed by atoms with van der Waals surface area (Å²) in [5.41, 5.74) is 0.980. The third-order valence-electron chi connectivity index (χ3n) is 4.09. The molecule has 1 fully saturated rings. The van der Waals surface area contributed by atoms with E-state index in [-0.39, 0.29) is 18.4 Å². The van der Waals surface area contributed by atoms with Gasteiger partial charge in [-0.2, -0.15) is 4.98 Å². The zero-order valence-electron chi connectivity index (χ0n) is 13.5. The Morgan fingerprint density at radius 3 is 2.80 bits per heavy atom. The molecule has 25 heavy (non-hydrogen) atoms. The predicted octanol–water partition coefficient (Wildman–Crippen LogP) is 2.47. The van der Waals surface area contributed by atoms with Gasteiger partial charge in [0.1, 0.15) is 6.61 Å². The molecule has 1 aliphatic heterocycles. The van der Waals surface area contributed by atoms with E-state index in [1.165, 1.54) is 0 Å². The minimum Gasteiger partial charge on any atom is -0.461 e. The molecule has 4 rings (SSSR count). The minimum absolute atomic E-state index is 0.137. The van der Waals surface area contributed by atoms with E-state index in [0.29, 0.717) is 37.2 Å². The second kappa shape index (κ2) is 6.90. The SMILES string of the molecule is O=C(CN1CC(c2nc(-c3ccco3)no2)C1)OCc1ccccc1. The zero-order valence-corrected chi connectivity index (χ0v) is 13.5.